The van der Waals surface area contributed by atoms with E-state index in [1.54, 1.807) is 0 Å². The van der Waals surface area contributed by atoms with Gasteiger partial charge in [-0.3, -0.25) is 4.99 Å². The lowest BCUT2D eigenvalue weighted by Gasteiger charge is -2.21. The van der Waals surface area contributed by atoms with Crippen LogP contribution in [-0.2, 0) is 17.8 Å². The number of ether oxygens (including phenoxy) is 2. The van der Waals surface area contributed by atoms with Crippen LogP contribution in [0.1, 0.15) is 25.0 Å². The first-order valence-corrected chi connectivity index (χ1v) is 7.12. The van der Waals surface area contributed by atoms with Crippen molar-refractivity contribution < 1.29 is 13.9 Å². The Hall–Kier alpha value is -1.82. The molecule has 0 spiro atoms. The van der Waals surface area contributed by atoms with Gasteiger partial charge in [-0.05, 0) is 30.0 Å². The number of fused-ring (bicyclic) bond motifs is 1. The smallest absolute Gasteiger partial charge is 0.189 e. The highest BCUT2D eigenvalue weighted by molar-refractivity contribution is 5.77. The number of nitrogens with one attached hydrogen (secondary N) is 1. The normalized spacial score (nSPS) is 14.8. The second-order valence-electron chi connectivity index (χ2n) is 5.46. The van der Waals surface area contributed by atoms with Gasteiger partial charge in [0.05, 0.1) is 6.61 Å². The van der Waals surface area contributed by atoms with Crippen molar-refractivity contribution in [1.82, 2.24) is 5.32 Å². The number of aliphatic imine (C=N–C) groups is 1. The molecule has 5 nitrogen and oxygen atoms in total. The molecule has 0 radical (unpaired) electrons. The van der Waals surface area contributed by atoms with E-state index in [2.05, 4.69) is 24.2 Å². The van der Waals surface area contributed by atoms with E-state index in [4.69, 9.17) is 15.2 Å². The molecule has 1 aliphatic rings. The van der Waals surface area contributed by atoms with Crippen molar-refractivity contribution in [2.45, 2.75) is 26.9 Å². The van der Waals surface area contributed by atoms with Crippen molar-refractivity contribution in [1.29, 1.82) is 0 Å². The third-order valence-corrected chi connectivity index (χ3v) is 3.08. The topological polar surface area (TPSA) is 68.9 Å². The second kappa shape index (κ2) is 7.26. The van der Waals surface area contributed by atoms with Gasteiger partial charge < -0.3 is 20.5 Å². The van der Waals surface area contributed by atoms with E-state index in [1.807, 2.05) is 0 Å². The highest BCUT2D eigenvalue weighted by Gasteiger charge is 2.16. The number of benzene rings is 1. The fourth-order valence-electron chi connectivity index (χ4n) is 2.10. The lowest BCUT2D eigenvalue weighted by Crippen LogP contribution is -2.33. The fraction of sp³-hybridized carbons (Fsp3) is 0.533. The maximum absolute atomic E-state index is 13.6. The second-order valence-corrected chi connectivity index (χ2v) is 5.46. The van der Waals surface area contributed by atoms with Crippen molar-refractivity contribution in [3.8, 4) is 5.75 Å². The van der Waals surface area contributed by atoms with E-state index in [0.717, 1.165) is 16.9 Å². The maximum atomic E-state index is 13.6. The van der Waals surface area contributed by atoms with Gasteiger partial charge >= 0.3 is 0 Å². The van der Waals surface area contributed by atoms with Gasteiger partial charge in [-0.1, -0.05) is 13.8 Å². The van der Waals surface area contributed by atoms with Gasteiger partial charge in [-0.2, -0.15) is 0 Å². The van der Waals surface area contributed by atoms with Crippen LogP contribution in [-0.4, -0.2) is 25.8 Å². The summed E-state index contributed by atoms with van der Waals surface area (Å²) in [7, 11) is 0. The molecule has 0 aliphatic carbocycles. The molecule has 0 unspecified atom stereocenters. The Kier molecular flexibility index (Phi) is 5.38. The van der Waals surface area contributed by atoms with E-state index in [1.165, 1.54) is 12.1 Å². The van der Waals surface area contributed by atoms with Gasteiger partial charge in [0.2, 0.25) is 0 Å². The molecular formula is C15H22FN3O2. The number of halogens is 1. The first-order chi connectivity index (χ1) is 10.1. The highest BCUT2D eigenvalue weighted by atomic mass is 19.1. The van der Waals surface area contributed by atoms with Gasteiger partial charge in [-0.25, -0.2) is 4.39 Å². The van der Waals surface area contributed by atoms with Crippen LogP contribution in [0.2, 0.25) is 0 Å². The molecule has 0 atom stereocenters. The molecule has 116 valence electrons. The van der Waals surface area contributed by atoms with Gasteiger partial charge in [0.15, 0.2) is 12.8 Å². The molecule has 3 N–H and O–H groups in total. The Balaban J connectivity index is 1.94. The van der Waals surface area contributed by atoms with Gasteiger partial charge in [0.1, 0.15) is 11.6 Å². The maximum Gasteiger partial charge on any atom is 0.189 e. The monoisotopic (exact) mass is 295 g/mol. The minimum absolute atomic E-state index is 0.205. The molecular weight excluding hydrogens is 273 g/mol. The summed E-state index contributed by atoms with van der Waals surface area (Å²) in [4.78, 5) is 4.22. The summed E-state index contributed by atoms with van der Waals surface area (Å²) in [6.07, 6.45) is 0.609. The van der Waals surface area contributed by atoms with E-state index < -0.39 is 0 Å². The molecule has 1 aromatic carbocycles. The quantitative estimate of drug-likeness (QED) is 0.642. The van der Waals surface area contributed by atoms with Crippen molar-refractivity contribution in [2.24, 2.45) is 16.6 Å². The van der Waals surface area contributed by atoms with Crippen molar-refractivity contribution in [2.75, 3.05) is 19.9 Å². The SMILES string of the molecule is CC(C)CN=C(N)NCCc1cc(F)cc2c1OCOC2. The zero-order chi connectivity index (χ0) is 15.2. The summed E-state index contributed by atoms with van der Waals surface area (Å²) < 4.78 is 24.2. The Morgan fingerprint density at radius 1 is 1.48 bits per heavy atom. The molecule has 1 aliphatic heterocycles. The number of nitrogens with two attached hydrogens (primary N) is 1. The third-order valence-electron chi connectivity index (χ3n) is 3.08. The molecule has 1 heterocycles. The molecule has 2 rings (SSSR count). The van der Waals surface area contributed by atoms with Crippen molar-refractivity contribution >= 4 is 5.96 Å². The van der Waals surface area contributed by atoms with Crippen LogP contribution < -0.4 is 15.8 Å². The van der Waals surface area contributed by atoms with Crippen molar-refractivity contribution in [3.63, 3.8) is 0 Å². The summed E-state index contributed by atoms with van der Waals surface area (Å²) in [5.74, 6) is 1.33. The third kappa shape index (κ3) is 4.60. The lowest BCUT2D eigenvalue weighted by atomic mass is 10.1. The van der Waals surface area contributed by atoms with Crippen molar-refractivity contribution in [3.05, 3.63) is 29.1 Å². The molecule has 0 fully saturated rings. The van der Waals surface area contributed by atoms with Gasteiger partial charge in [-0.15, -0.1) is 0 Å². The molecule has 0 bridgehead atoms. The van der Waals surface area contributed by atoms with Crippen LogP contribution in [0.15, 0.2) is 17.1 Å². The summed E-state index contributed by atoms with van der Waals surface area (Å²) >= 11 is 0. The Morgan fingerprint density at radius 3 is 3.05 bits per heavy atom. The summed E-state index contributed by atoms with van der Waals surface area (Å²) in [5.41, 5.74) is 7.33. The largest absolute Gasteiger partial charge is 0.467 e. The first-order valence-electron chi connectivity index (χ1n) is 7.12. The number of rotatable bonds is 5. The van der Waals surface area contributed by atoms with Crippen LogP contribution in [0.5, 0.6) is 5.75 Å². The predicted octanol–water partition coefficient (Wildman–Crippen LogP) is 1.79. The zero-order valence-electron chi connectivity index (χ0n) is 12.5. The highest BCUT2D eigenvalue weighted by Crippen LogP contribution is 2.29. The Labute approximate surface area is 124 Å². The Morgan fingerprint density at radius 2 is 2.29 bits per heavy atom. The lowest BCUT2D eigenvalue weighted by molar-refractivity contribution is -0.0172. The summed E-state index contributed by atoms with van der Waals surface area (Å²) in [5, 5.41) is 3.03. The number of guanidine groups is 1. The molecule has 0 saturated carbocycles. The van der Waals surface area contributed by atoms with Crippen LogP contribution in [0.3, 0.4) is 0 Å². The fourth-order valence-corrected chi connectivity index (χ4v) is 2.10. The van der Waals surface area contributed by atoms with E-state index in [0.29, 0.717) is 38.0 Å². The van der Waals surface area contributed by atoms with Crippen LogP contribution in [0.4, 0.5) is 4.39 Å². The number of nitrogens with zero attached hydrogens (tertiary/aromatic N) is 1. The number of hydrogen-bond donors (Lipinski definition) is 2. The Bertz CT molecular complexity index is 518. The number of hydrogen-bond acceptors (Lipinski definition) is 3. The summed E-state index contributed by atoms with van der Waals surface area (Å²) in [6, 6.07) is 2.94. The zero-order valence-corrected chi connectivity index (χ0v) is 12.5. The molecule has 0 amide bonds. The van der Waals surface area contributed by atoms with Gasteiger partial charge in [0.25, 0.3) is 0 Å². The van der Waals surface area contributed by atoms with Gasteiger partial charge in [0, 0.05) is 18.7 Å². The van der Waals surface area contributed by atoms with E-state index in [-0.39, 0.29) is 12.6 Å². The minimum Gasteiger partial charge on any atom is -0.467 e. The molecule has 1 aromatic rings. The van der Waals surface area contributed by atoms with Crippen LogP contribution in [0, 0.1) is 11.7 Å². The predicted molar refractivity (Wildman–Crippen MR) is 79.7 cm³/mol. The van der Waals surface area contributed by atoms with Crippen LogP contribution in [0.25, 0.3) is 0 Å². The van der Waals surface area contributed by atoms with E-state index in [9.17, 15) is 4.39 Å². The average molecular weight is 295 g/mol. The van der Waals surface area contributed by atoms with Crippen LogP contribution >= 0.6 is 0 Å². The molecule has 6 heteroatoms. The minimum atomic E-state index is -0.278. The molecule has 0 aromatic heterocycles. The standard InChI is InChI=1S/C15H22FN3O2/c1-10(2)7-19-15(17)18-4-3-11-5-13(16)6-12-8-20-9-21-14(11)12/h5-6,10H,3-4,7-9H2,1-2H3,(H3,17,18,19). The molecule has 21 heavy (non-hydrogen) atoms. The summed E-state index contributed by atoms with van der Waals surface area (Å²) in [6.45, 7) is 6.01. The van der Waals surface area contributed by atoms with E-state index >= 15 is 0 Å². The first kappa shape index (κ1) is 15.6. The molecule has 0 saturated heterocycles. The average Bonchev–Trinajstić information content (AvgIpc) is 2.45.